The Morgan fingerprint density at radius 1 is 1.30 bits per heavy atom. The third-order valence-electron chi connectivity index (χ3n) is 3.34. The van der Waals surface area contributed by atoms with Gasteiger partial charge in [0.25, 0.3) is 0 Å². The molecule has 0 bridgehead atoms. The molecule has 6 nitrogen and oxygen atoms in total. The Morgan fingerprint density at radius 3 is 2.40 bits per heavy atom. The van der Waals surface area contributed by atoms with Gasteiger partial charge in [-0.05, 0) is 13.0 Å². The summed E-state index contributed by atoms with van der Waals surface area (Å²) in [6, 6.07) is 0.215. The van der Waals surface area contributed by atoms with E-state index in [-0.39, 0.29) is 5.91 Å². The molecule has 0 unspecified atom stereocenters. The van der Waals surface area contributed by atoms with Crippen molar-refractivity contribution < 1.29 is 24.5 Å². The van der Waals surface area contributed by atoms with Gasteiger partial charge in [0.2, 0.25) is 5.91 Å². The van der Waals surface area contributed by atoms with Crippen molar-refractivity contribution in [2.45, 2.75) is 70.2 Å². The number of rotatable bonds is 5. The molecule has 3 N–H and O–H groups in total. The van der Waals surface area contributed by atoms with E-state index in [4.69, 9.17) is 9.47 Å². The third-order valence-corrected chi connectivity index (χ3v) is 5.05. The fraction of sp³-hybridized carbons (Fsp3) is 0.923. The highest BCUT2D eigenvalue weighted by Gasteiger charge is 2.43. The van der Waals surface area contributed by atoms with Gasteiger partial charge < -0.3 is 25.0 Å². The zero-order chi connectivity index (χ0) is 15.5. The number of hydrogen-bond donors (Lipinski definition) is 3. The largest absolute Gasteiger partial charge is 0.388 e. The lowest BCUT2D eigenvalue weighted by molar-refractivity contribution is -0.258. The van der Waals surface area contributed by atoms with E-state index in [1.54, 1.807) is 6.92 Å². The number of aliphatic hydroxyl groups is 2. The van der Waals surface area contributed by atoms with E-state index < -0.39 is 38.7 Å². The number of hydrogen-bond acceptors (Lipinski definition) is 5. The lowest BCUT2D eigenvalue weighted by Gasteiger charge is -2.41. The van der Waals surface area contributed by atoms with Gasteiger partial charge in [-0.25, -0.2) is 0 Å². The van der Waals surface area contributed by atoms with E-state index in [0.29, 0.717) is 6.61 Å². The molecular formula is C13H27NO5Si. The van der Waals surface area contributed by atoms with E-state index >= 15 is 0 Å². The predicted molar refractivity (Wildman–Crippen MR) is 78.1 cm³/mol. The van der Waals surface area contributed by atoms with Gasteiger partial charge in [0, 0.05) is 21.6 Å². The van der Waals surface area contributed by atoms with E-state index in [1.165, 1.54) is 6.92 Å². The summed E-state index contributed by atoms with van der Waals surface area (Å²) < 4.78 is 11.3. The second-order valence-corrected chi connectivity index (χ2v) is 12.2. The molecule has 0 radical (unpaired) electrons. The van der Waals surface area contributed by atoms with Crippen LogP contribution in [0.1, 0.15) is 13.8 Å². The van der Waals surface area contributed by atoms with Crippen LogP contribution in [0, 0.1) is 0 Å². The number of carbonyl (C=O) groups is 1. The van der Waals surface area contributed by atoms with Gasteiger partial charge in [-0.1, -0.05) is 19.6 Å². The van der Waals surface area contributed by atoms with Crippen LogP contribution in [0.2, 0.25) is 25.7 Å². The lowest BCUT2D eigenvalue weighted by Crippen LogP contribution is -2.63. The van der Waals surface area contributed by atoms with Crippen molar-refractivity contribution in [1.29, 1.82) is 0 Å². The molecule has 1 rings (SSSR count). The molecule has 1 amide bonds. The molecule has 118 valence electrons. The van der Waals surface area contributed by atoms with Gasteiger partial charge in [0.05, 0.1) is 6.10 Å². The standard InChI is InChI=1S/C13H27NO5Si/c1-8-11(16)12(17)10(14-9(2)15)13(19-8)18-6-7-20(3,4)5/h8,10-13,16-17H,6-7H2,1-5H3,(H,14,15)/t8-,10-,11-,12-,13-/m1/s1. The zero-order valence-electron chi connectivity index (χ0n) is 12.9. The predicted octanol–water partition coefficient (Wildman–Crippen LogP) is 0.312. The van der Waals surface area contributed by atoms with Crippen LogP contribution < -0.4 is 5.32 Å². The maximum atomic E-state index is 11.2. The van der Waals surface area contributed by atoms with Gasteiger partial charge in [0.15, 0.2) is 6.29 Å². The summed E-state index contributed by atoms with van der Waals surface area (Å²) in [7, 11) is -1.22. The van der Waals surface area contributed by atoms with Crippen molar-refractivity contribution in [3.63, 3.8) is 0 Å². The first kappa shape index (κ1) is 17.6. The van der Waals surface area contributed by atoms with Crippen LogP contribution in [-0.4, -0.2) is 61.4 Å². The van der Waals surface area contributed by atoms with Crippen molar-refractivity contribution in [3.05, 3.63) is 0 Å². The molecule has 1 heterocycles. The molecule has 0 aliphatic carbocycles. The van der Waals surface area contributed by atoms with Crippen LogP contribution >= 0.6 is 0 Å². The van der Waals surface area contributed by atoms with Crippen LogP contribution in [0.5, 0.6) is 0 Å². The van der Waals surface area contributed by atoms with Crippen LogP contribution in [-0.2, 0) is 14.3 Å². The second-order valence-electron chi connectivity index (χ2n) is 6.60. The average molecular weight is 305 g/mol. The van der Waals surface area contributed by atoms with Crippen molar-refractivity contribution in [3.8, 4) is 0 Å². The molecular weight excluding hydrogens is 278 g/mol. The first-order chi connectivity index (χ1) is 9.11. The van der Waals surface area contributed by atoms with Gasteiger partial charge in [0.1, 0.15) is 18.2 Å². The maximum absolute atomic E-state index is 11.2. The number of carbonyl (C=O) groups excluding carboxylic acids is 1. The third kappa shape index (κ3) is 5.14. The van der Waals surface area contributed by atoms with Crippen LogP contribution in [0.15, 0.2) is 0 Å². The van der Waals surface area contributed by atoms with E-state index in [0.717, 1.165) is 6.04 Å². The first-order valence-corrected chi connectivity index (χ1v) is 10.7. The molecule has 1 saturated heterocycles. The van der Waals surface area contributed by atoms with E-state index in [9.17, 15) is 15.0 Å². The molecule has 5 atom stereocenters. The summed E-state index contributed by atoms with van der Waals surface area (Å²) >= 11 is 0. The van der Waals surface area contributed by atoms with E-state index in [1.807, 2.05) is 0 Å². The Labute approximate surface area is 121 Å². The van der Waals surface area contributed by atoms with Crippen molar-refractivity contribution >= 4 is 14.0 Å². The minimum atomic E-state index is -1.22. The van der Waals surface area contributed by atoms with Gasteiger partial charge in [-0.3, -0.25) is 4.79 Å². The van der Waals surface area contributed by atoms with Crippen LogP contribution in [0.4, 0.5) is 0 Å². The summed E-state index contributed by atoms with van der Waals surface area (Å²) in [5.41, 5.74) is 0. The topological polar surface area (TPSA) is 88.0 Å². The fourth-order valence-corrected chi connectivity index (χ4v) is 2.77. The van der Waals surface area contributed by atoms with Gasteiger partial charge in [-0.2, -0.15) is 0 Å². The summed E-state index contributed by atoms with van der Waals surface area (Å²) in [4.78, 5) is 11.2. The quantitative estimate of drug-likeness (QED) is 0.636. The molecule has 1 aliphatic heterocycles. The highest BCUT2D eigenvalue weighted by atomic mass is 28.3. The Bertz CT molecular complexity index is 333. The normalized spacial score (nSPS) is 34.9. The molecule has 1 fully saturated rings. The van der Waals surface area contributed by atoms with Crippen LogP contribution in [0.25, 0.3) is 0 Å². The monoisotopic (exact) mass is 305 g/mol. The molecule has 0 aromatic rings. The number of nitrogens with one attached hydrogen (secondary N) is 1. The minimum absolute atomic E-state index is 0.293. The second kappa shape index (κ2) is 6.99. The fourth-order valence-electron chi connectivity index (χ4n) is 2.04. The average Bonchev–Trinajstić information content (AvgIpc) is 2.29. The van der Waals surface area contributed by atoms with Crippen molar-refractivity contribution in [2.24, 2.45) is 0 Å². The Morgan fingerprint density at radius 2 is 1.90 bits per heavy atom. The van der Waals surface area contributed by atoms with Gasteiger partial charge >= 0.3 is 0 Å². The SMILES string of the molecule is CC(=O)N[C@H]1[C@H](OCC[Si](C)(C)C)O[C@H](C)[C@@H](O)[C@@H]1O. The van der Waals surface area contributed by atoms with Crippen molar-refractivity contribution in [1.82, 2.24) is 5.32 Å². The molecule has 7 heteroatoms. The highest BCUT2D eigenvalue weighted by Crippen LogP contribution is 2.22. The molecule has 0 aromatic carbocycles. The van der Waals surface area contributed by atoms with Crippen molar-refractivity contribution in [2.75, 3.05) is 6.61 Å². The molecule has 0 spiro atoms. The number of aliphatic hydroxyl groups excluding tert-OH is 2. The Kier molecular flexibility index (Phi) is 6.15. The summed E-state index contributed by atoms with van der Waals surface area (Å²) in [6.07, 6.45) is -3.40. The Balaban J connectivity index is 2.65. The molecule has 0 aromatic heterocycles. The Hall–Kier alpha value is -0.473. The number of amides is 1. The number of ether oxygens (including phenoxy) is 2. The summed E-state index contributed by atoms with van der Waals surface area (Å²) in [6.45, 7) is 10.3. The summed E-state index contributed by atoms with van der Waals surface area (Å²) in [5.74, 6) is -0.293. The highest BCUT2D eigenvalue weighted by molar-refractivity contribution is 6.76. The maximum Gasteiger partial charge on any atom is 0.217 e. The first-order valence-electron chi connectivity index (χ1n) is 7.02. The molecule has 1 aliphatic rings. The minimum Gasteiger partial charge on any atom is -0.388 e. The van der Waals surface area contributed by atoms with E-state index in [2.05, 4.69) is 25.0 Å². The smallest absolute Gasteiger partial charge is 0.217 e. The summed E-state index contributed by atoms with van der Waals surface area (Å²) in [5, 5.41) is 22.5. The molecule has 0 saturated carbocycles. The lowest BCUT2D eigenvalue weighted by atomic mass is 9.97. The van der Waals surface area contributed by atoms with Crippen LogP contribution in [0.3, 0.4) is 0 Å². The zero-order valence-corrected chi connectivity index (χ0v) is 13.9. The van der Waals surface area contributed by atoms with Gasteiger partial charge in [-0.15, -0.1) is 0 Å². The molecule has 20 heavy (non-hydrogen) atoms.